The number of ether oxygens (including phenoxy) is 3. The summed E-state index contributed by atoms with van der Waals surface area (Å²) in [5.74, 6) is 1.92. The standard InChI is InChI=1S/C28H30ClN3O6/c1-15-23-25(31-38-15)24-19(29)6-5-7-20(24)32(28(23)34)18-9-8-16(12-18)10-11-30-27(33)17-13-21(35-2)26(37-4)22(14-17)36-3/h5-7,13-14,16,18H,8-12H2,1-4H3,(H,30,33). The number of halogens is 1. The van der Waals surface area contributed by atoms with Crippen molar-refractivity contribution in [1.82, 2.24) is 15.0 Å². The van der Waals surface area contributed by atoms with Gasteiger partial charge in [-0.25, -0.2) is 0 Å². The third-order valence-corrected chi connectivity index (χ3v) is 7.74. The maximum atomic E-state index is 13.6. The first-order chi connectivity index (χ1) is 18.4. The summed E-state index contributed by atoms with van der Waals surface area (Å²) >= 11 is 6.55. The zero-order valence-corrected chi connectivity index (χ0v) is 22.6. The number of aryl methyl sites for hydroxylation is 1. The first-order valence-corrected chi connectivity index (χ1v) is 12.9. The Morgan fingerprint density at radius 2 is 1.87 bits per heavy atom. The number of pyridine rings is 1. The van der Waals surface area contributed by atoms with Gasteiger partial charge in [-0.1, -0.05) is 22.8 Å². The molecule has 1 amide bonds. The van der Waals surface area contributed by atoms with E-state index >= 15 is 0 Å². The van der Waals surface area contributed by atoms with Crippen LogP contribution in [0, 0.1) is 12.8 Å². The van der Waals surface area contributed by atoms with E-state index in [0.717, 1.165) is 36.6 Å². The molecule has 0 spiro atoms. The van der Waals surface area contributed by atoms with Crippen molar-refractivity contribution in [3.63, 3.8) is 0 Å². The maximum absolute atomic E-state index is 13.6. The molecule has 1 saturated carbocycles. The van der Waals surface area contributed by atoms with Gasteiger partial charge in [0.05, 0.1) is 31.9 Å². The van der Waals surface area contributed by atoms with Gasteiger partial charge in [0, 0.05) is 23.5 Å². The SMILES string of the molecule is COc1cc(C(=O)NCCC2CCC(n3c(=O)c4c(C)onc4c4c(Cl)cccc43)C2)cc(OC)c1OC. The number of rotatable bonds is 8. The molecule has 1 fully saturated rings. The number of hydrogen-bond acceptors (Lipinski definition) is 7. The lowest BCUT2D eigenvalue weighted by Crippen LogP contribution is -2.26. The number of carbonyl (C=O) groups excluding carboxylic acids is 1. The molecule has 2 atom stereocenters. The Labute approximate surface area is 224 Å². The van der Waals surface area contributed by atoms with E-state index in [1.165, 1.54) is 21.3 Å². The fourth-order valence-corrected chi connectivity index (χ4v) is 5.84. The fourth-order valence-electron chi connectivity index (χ4n) is 5.58. The summed E-state index contributed by atoms with van der Waals surface area (Å²) in [6.45, 7) is 2.26. The van der Waals surface area contributed by atoms with Crippen molar-refractivity contribution >= 4 is 39.3 Å². The first kappa shape index (κ1) is 25.9. The predicted octanol–water partition coefficient (Wildman–Crippen LogP) is 5.29. The van der Waals surface area contributed by atoms with Crippen molar-refractivity contribution in [3.05, 3.63) is 57.0 Å². The highest BCUT2D eigenvalue weighted by Crippen LogP contribution is 2.40. The number of aromatic nitrogens is 2. The van der Waals surface area contributed by atoms with Crippen molar-refractivity contribution in [2.24, 2.45) is 5.92 Å². The lowest BCUT2D eigenvalue weighted by molar-refractivity contribution is 0.0950. The smallest absolute Gasteiger partial charge is 0.264 e. The molecular formula is C28H30ClN3O6. The monoisotopic (exact) mass is 539 g/mol. The van der Waals surface area contributed by atoms with E-state index in [-0.39, 0.29) is 17.5 Å². The van der Waals surface area contributed by atoms with Gasteiger partial charge >= 0.3 is 0 Å². The molecule has 9 nitrogen and oxygen atoms in total. The van der Waals surface area contributed by atoms with Crippen molar-refractivity contribution < 1.29 is 23.5 Å². The highest BCUT2D eigenvalue weighted by Gasteiger charge is 2.30. The van der Waals surface area contributed by atoms with Crippen molar-refractivity contribution in [2.45, 2.75) is 38.6 Å². The van der Waals surface area contributed by atoms with Crippen LogP contribution in [0.4, 0.5) is 0 Å². The first-order valence-electron chi connectivity index (χ1n) is 12.5. The highest BCUT2D eigenvalue weighted by atomic mass is 35.5. The van der Waals surface area contributed by atoms with E-state index < -0.39 is 0 Å². The Kier molecular flexibility index (Phi) is 7.21. The van der Waals surface area contributed by atoms with Crippen LogP contribution >= 0.6 is 11.6 Å². The number of benzene rings is 2. The molecule has 2 unspecified atom stereocenters. The van der Waals surface area contributed by atoms with E-state index in [0.29, 0.717) is 57.0 Å². The van der Waals surface area contributed by atoms with Gasteiger partial charge in [-0.15, -0.1) is 0 Å². The van der Waals surface area contributed by atoms with Gasteiger partial charge in [-0.2, -0.15) is 0 Å². The fraction of sp³-hybridized carbons (Fsp3) is 0.393. The summed E-state index contributed by atoms with van der Waals surface area (Å²) in [6.07, 6.45) is 3.45. The Morgan fingerprint density at radius 1 is 1.13 bits per heavy atom. The molecule has 2 aromatic heterocycles. The summed E-state index contributed by atoms with van der Waals surface area (Å²) in [4.78, 5) is 26.4. The number of carbonyl (C=O) groups is 1. The lowest BCUT2D eigenvalue weighted by atomic mass is 10.0. The molecule has 200 valence electrons. The third kappa shape index (κ3) is 4.45. The van der Waals surface area contributed by atoms with E-state index in [9.17, 15) is 9.59 Å². The van der Waals surface area contributed by atoms with Crippen LogP contribution in [-0.4, -0.2) is 43.5 Å². The van der Waals surface area contributed by atoms with Gasteiger partial charge in [0.15, 0.2) is 11.5 Å². The maximum Gasteiger partial charge on any atom is 0.264 e. The molecule has 1 aliphatic carbocycles. The van der Waals surface area contributed by atoms with E-state index in [1.54, 1.807) is 25.1 Å². The molecule has 10 heteroatoms. The van der Waals surface area contributed by atoms with Gasteiger partial charge < -0.3 is 28.6 Å². The molecule has 5 rings (SSSR count). The second kappa shape index (κ2) is 10.6. The molecule has 2 heterocycles. The van der Waals surface area contributed by atoms with Crippen LogP contribution < -0.4 is 25.1 Å². The highest BCUT2D eigenvalue weighted by molar-refractivity contribution is 6.37. The van der Waals surface area contributed by atoms with E-state index in [2.05, 4.69) is 10.5 Å². The van der Waals surface area contributed by atoms with Crippen LogP contribution in [0.3, 0.4) is 0 Å². The molecule has 2 aromatic carbocycles. The summed E-state index contributed by atoms with van der Waals surface area (Å²) in [6, 6.07) is 8.86. The summed E-state index contributed by atoms with van der Waals surface area (Å²) in [7, 11) is 4.55. The second-order valence-electron chi connectivity index (χ2n) is 9.56. The predicted molar refractivity (Wildman–Crippen MR) is 145 cm³/mol. The van der Waals surface area contributed by atoms with Crippen molar-refractivity contribution in [1.29, 1.82) is 0 Å². The number of methoxy groups -OCH3 is 3. The molecule has 1 aliphatic rings. The molecule has 38 heavy (non-hydrogen) atoms. The third-order valence-electron chi connectivity index (χ3n) is 7.43. The lowest BCUT2D eigenvalue weighted by Gasteiger charge is -2.19. The van der Waals surface area contributed by atoms with Crippen LogP contribution in [0.5, 0.6) is 17.2 Å². The normalized spacial score (nSPS) is 17.2. The number of fused-ring (bicyclic) bond motifs is 3. The summed E-state index contributed by atoms with van der Waals surface area (Å²) in [5.41, 5.74) is 1.60. The molecule has 0 aliphatic heterocycles. The molecular weight excluding hydrogens is 510 g/mol. The molecule has 0 bridgehead atoms. The van der Waals surface area contributed by atoms with E-state index in [4.69, 9.17) is 30.3 Å². The Morgan fingerprint density at radius 3 is 2.55 bits per heavy atom. The van der Waals surface area contributed by atoms with Crippen LogP contribution in [0.15, 0.2) is 39.6 Å². The van der Waals surface area contributed by atoms with Crippen molar-refractivity contribution in [3.8, 4) is 17.2 Å². The van der Waals surface area contributed by atoms with Crippen LogP contribution in [-0.2, 0) is 0 Å². The average molecular weight is 540 g/mol. The zero-order chi connectivity index (χ0) is 27.0. The number of nitrogens with one attached hydrogen (secondary N) is 1. The molecule has 0 saturated heterocycles. The Hall–Kier alpha value is -3.72. The number of nitrogens with zero attached hydrogens (tertiary/aromatic N) is 2. The second-order valence-corrected chi connectivity index (χ2v) is 9.97. The molecule has 1 N–H and O–H groups in total. The summed E-state index contributed by atoms with van der Waals surface area (Å²) < 4.78 is 23.3. The minimum absolute atomic E-state index is 0.0259. The van der Waals surface area contributed by atoms with Crippen LogP contribution in [0.1, 0.15) is 47.8 Å². The number of amides is 1. The average Bonchev–Trinajstić information content (AvgIpc) is 3.54. The largest absolute Gasteiger partial charge is 0.493 e. The summed E-state index contributed by atoms with van der Waals surface area (Å²) in [5, 5.41) is 8.88. The van der Waals surface area contributed by atoms with Gasteiger partial charge in [0.2, 0.25) is 5.75 Å². The van der Waals surface area contributed by atoms with Crippen LogP contribution in [0.25, 0.3) is 21.8 Å². The molecule has 4 aromatic rings. The van der Waals surface area contributed by atoms with E-state index in [1.807, 2.05) is 16.7 Å². The number of hydrogen-bond donors (Lipinski definition) is 1. The van der Waals surface area contributed by atoms with Crippen LogP contribution in [0.2, 0.25) is 5.02 Å². The van der Waals surface area contributed by atoms with Gasteiger partial charge in [0.1, 0.15) is 16.7 Å². The Bertz CT molecular complexity index is 1550. The van der Waals surface area contributed by atoms with Gasteiger partial charge in [0.25, 0.3) is 11.5 Å². The van der Waals surface area contributed by atoms with Gasteiger partial charge in [-0.05, 0) is 62.8 Å². The quantitative estimate of drug-likeness (QED) is 0.324. The van der Waals surface area contributed by atoms with Gasteiger partial charge in [-0.3, -0.25) is 9.59 Å². The molecule has 0 radical (unpaired) electrons. The minimum Gasteiger partial charge on any atom is -0.493 e. The van der Waals surface area contributed by atoms with Crippen molar-refractivity contribution in [2.75, 3.05) is 27.9 Å². The zero-order valence-electron chi connectivity index (χ0n) is 21.8. The Balaban J connectivity index is 1.31. The minimum atomic E-state index is -0.218. The topological polar surface area (TPSA) is 105 Å².